The number of carbonyl (C=O) groups is 4. The Morgan fingerprint density at radius 1 is 0.968 bits per heavy atom. The van der Waals surface area contributed by atoms with Crippen molar-refractivity contribution in [3.63, 3.8) is 0 Å². The minimum atomic E-state index is -0.474. The number of rotatable bonds is 9. The fraction of sp³-hybridized carbons (Fsp3) is 0.360. The van der Waals surface area contributed by atoms with Crippen LogP contribution in [-0.4, -0.2) is 34.9 Å². The fourth-order valence-electron chi connectivity index (χ4n) is 3.75. The van der Waals surface area contributed by atoms with E-state index in [0.29, 0.717) is 18.9 Å². The molecular formula is C25H27NO5. The van der Waals surface area contributed by atoms with Gasteiger partial charge in [-0.1, -0.05) is 50.6 Å². The van der Waals surface area contributed by atoms with Crippen LogP contribution in [0.5, 0.6) is 5.75 Å². The number of benzene rings is 2. The van der Waals surface area contributed by atoms with E-state index < -0.39 is 11.6 Å². The van der Waals surface area contributed by atoms with Gasteiger partial charge in [0.25, 0.3) is 0 Å². The van der Waals surface area contributed by atoms with Crippen LogP contribution in [0, 0.1) is 5.92 Å². The summed E-state index contributed by atoms with van der Waals surface area (Å²) in [5.41, 5.74) is 0.445. The molecule has 0 bridgehead atoms. The Bertz CT molecular complexity index is 1040. The molecule has 1 unspecified atom stereocenters. The topological polar surface area (TPSA) is 101 Å². The van der Waals surface area contributed by atoms with Gasteiger partial charge in [0.2, 0.25) is 5.91 Å². The van der Waals surface area contributed by atoms with Crippen LogP contribution in [0.1, 0.15) is 88.2 Å². The van der Waals surface area contributed by atoms with Crippen LogP contribution in [0.15, 0.2) is 36.4 Å². The molecular weight excluding hydrogens is 394 g/mol. The number of Topliss-reactive ketones (excluding diaryl/α,β-unsaturated/α-hetero) is 1. The molecule has 0 spiro atoms. The summed E-state index contributed by atoms with van der Waals surface area (Å²) in [6.07, 6.45) is 2.67. The molecule has 2 N–H and O–H groups in total. The Labute approximate surface area is 181 Å². The Kier molecular flexibility index (Phi) is 7.00. The monoisotopic (exact) mass is 421 g/mol. The molecule has 162 valence electrons. The van der Waals surface area contributed by atoms with Gasteiger partial charge in [-0.3, -0.25) is 19.2 Å². The van der Waals surface area contributed by atoms with Gasteiger partial charge in [0.15, 0.2) is 17.3 Å². The molecule has 0 aliphatic heterocycles. The molecule has 1 atom stereocenters. The Morgan fingerprint density at radius 3 is 2.32 bits per heavy atom. The van der Waals surface area contributed by atoms with Crippen molar-refractivity contribution < 1.29 is 24.3 Å². The number of fused-ring (bicyclic) bond motifs is 2. The van der Waals surface area contributed by atoms with Crippen molar-refractivity contribution in [2.45, 2.75) is 46.0 Å². The molecule has 2 aromatic carbocycles. The average Bonchev–Trinajstić information content (AvgIpc) is 2.76. The predicted octanol–water partition coefficient (Wildman–Crippen LogP) is 4.07. The number of ketones is 3. The van der Waals surface area contributed by atoms with Gasteiger partial charge in [0.05, 0.1) is 5.56 Å². The number of nitrogens with one attached hydrogen (secondary N) is 1. The molecule has 0 saturated heterocycles. The number of hydrogen-bond donors (Lipinski definition) is 2. The maximum Gasteiger partial charge on any atom is 0.220 e. The number of phenolic OH excluding ortho intramolecular Hbond substituents is 1. The molecule has 1 aliphatic rings. The zero-order chi connectivity index (χ0) is 22.5. The maximum absolute atomic E-state index is 13.0. The van der Waals surface area contributed by atoms with Crippen molar-refractivity contribution in [2.24, 2.45) is 5.92 Å². The van der Waals surface area contributed by atoms with E-state index in [1.54, 1.807) is 6.07 Å². The molecule has 0 radical (unpaired) electrons. The fourth-order valence-corrected chi connectivity index (χ4v) is 3.75. The van der Waals surface area contributed by atoms with Crippen LogP contribution in [0.2, 0.25) is 0 Å². The molecule has 0 saturated carbocycles. The van der Waals surface area contributed by atoms with Crippen LogP contribution in [0.3, 0.4) is 0 Å². The predicted molar refractivity (Wildman–Crippen MR) is 117 cm³/mol. The van der Waals surface area contributed by atoms with E-state index in [1.165, 1.54) is 30.3 Å². The van der Waals surface area contributed by atoms with E-state index in [2.05, 4.69) is 19.2 Å². The highest BCUT2D eigenvalue weighted by Gasteiger charge is 2.34. The van der Waals surface area contributed by atoms with Crippen molar-refractivity contribution in [3.05, 3.63) is 64.2 Å². The van der Waals surface area contributed by atoms with Gasteiger partial charge in [-0.25, -0.2) is 0 Å². The molecule has 3 rings (SSSR count). The third kappa shape index (κ3) is 4.74. The average molecular weight is 421 g/mol. The lowest BCUT2D eigenvalue weighted by Gasteiger charge is -2.20. The summed E-state index contributed by atoms with van der Waals surface area (Å²) in [6.45, 7) is 4.87. The van der Waals surface area contributed by atoms with E-state index in [4.69, 9.17) is 0 Å². The van der Waals surface area contributed by atoms with Crippen LogP contribution in [0.4, 0.5) is 0 Å². The summed E-state index contributed by atoms with van der Waals surface area (Å²) in [6, 6.07) is 8.92. The SMILES string of the molecule is CCC(C)CCNC(=O)CCCC(=O)c1cccc2c1C(=O)c1cccc(O)c1C2=O. The first-order chi connectivity index (χ1) is 14.8. The molecule has 0 heterocycles. The number of phenols is 1. The molecule has 6 heteroatoms. The van der Waals surface area contributed by atoms with E-state index in [-0.39, 0.29) is 58.1 Å². The summed E-state index contributed by atoms with van der Waals surface area (Å²) in [5, 5.41) is 12.9. The number of hydrogen-bond acceptors (Lipinski definition) is 5. The second-order valence-electron chi connectivity index (χ2n) is 8.01. The molecule has 0 aromatic heterocycles. The number of amides is 1. The summed E-state index contributed by atoms with van der Waals surface area (Å²) in [5.74, 6) is -1.00. The van der Waals surface area contributed by atoms with Crippen molar-refractivity contribution >= 4 is 23.3 Å². The van der Waals surface area contributed by atoms with Gasteiger partial charge in [-0.15, -0.1) is 0 Å². The summed E-state index contributed by atoms with van der Waals surface area (Å²) < 4.78 is 0. The Balaban J connectivity index is 1.68. The number of aromatic hydroxyl groups is 1. The van der Waals surface area contributed by atoms with E-state index >= 15 is 0 Å². The van der Waals surface area contributed by atoms with Crippen molar-refractivity contribution in [1.29, 1.82) is 0 Å². The van der Waals surface area contributed by atoms with Gasteiger partial charge in [-0.2, -0.15) is 0 Å². The molecule has 31 heavy (non-hydrogen) atoms. The molecule has 0 fully saturated rings. The second-order valence-corrected chi connectivity index (χ2v) is 8.01. The van der Waals surface area contributed by atoms with Crippen molar-refractivity contribution in [3.8, 4) is 5.75 Å². The molecule has 1 aliphatic carbocycles. The molecule has 2 aromatic rings. The standard InChI is InChI=1S/C25H27NO5/c1-3-15(2)13-14-26-21(29)12-6-10-19(27)16-7-4-8-17-22(16)24(30)18-9-5-11-20(28)23(18)25(17)31/h4-5,7-9,11,15,28H,3,6,10,12-14H2,1-2H3,(H,26,29). The van der Waals surface area contributed by atoms with Crippen LogP contribution < -0.4 is 5.32 Å². The first-order valence-electron chi connectivity index (χ1n) is 10.7. The lowest BCUT2D eigenvalue weighted by atomic mass is 9.80. The van der Waals surface area contributed by atoms with E-state index in [9.17, 15) is 24.3 Å². The quantitative estimate of drug-likeness (QED) is 0.507. The van der Waals surface area contributed by atoms with Crippen molar-refractivity contribution in [1.82, 2.24) is 5.32 Å². The van der Waals surface area contributed by atoms with Gasteiger partial charge in [0, 0.05) is 41.6 Å². The third-order valence-electron chi connectivity index (χ3n) is 5.81. The van der Waals surface area contributed by atoms with Gasteiger partial charge in [-0.05, 0) is 24.8 Å². The van der Waals surface area contributed by atoms with Gasteiger partial charge < -0.3 is 10.4 Å². The highest BCUT2D eigenvalue weighted by molar-refractivity contribution is 6.31. The summed E-state index contributed by atoms with van der Waals surface area (Å²) in [4.78, 5) is 50.7. The lowest BCUT2D eigenvalue weighted by Crippen LogP contribution is -2.25. The summed E-state index contributed by atoms with van der Waals surface area (Å²) >= 11 is 0. The smallest absolute Gasteiger partial charge is 0.220 e. The highest BCUT2D eigenvalue weighted by Crippen LogP contribution is 2.34. The zero-order valence-electron chi connectivity index (χ0n) is 17.9. The van der Waals surface area contributed by atoms with E-state index in [0.717, 1.165) is 12.8 Å². The van der Waals surface area contributed by atoms with Crippen molar-refractivity contribution in [2.75, 3.05) is 6.54 Å². The van der Waals surface area contributed by atoms with Crippen LogP contribution in [-0.2, 0) is 4.79 Å². The normalized spacial score (nSPS) is 13.4. The number of carbonyl (C=O) groups excluding carboxylic acids is 4. The Hall–Kier alpha value is -3.28. The minimum absolute atomic E-state index is 0.0290. The van der Waals surface area contributed by atoms with E-state index in [1.807, 2.05) is 0 Å². The van der Waals surface area contributed by atoms with Crippen LogP contribution >= 0.6 is 0 Å². The molecule has 6 nitrogen and oxygen atoms in total. The first kappa shape index (κ1) is 22.4. The lowest BCUT2D eigenvalue weighted by molar-refractivity contribution is -0.121. The van der Waals surface area contributed by atoms with Gasteiger partial charge >= 0.3 is 0 Å². The largest absolute Gasteiger partial charge is 0.507 e. The minimum Gasteiger partial charge on any atom is -0.507 e. The maximum atomic E-state index is 13.0. The van der Waals surface area contributed by atoms with Crippen LogP contribution in [0.25, 0.3) is 0 Å². The third-order valence-corrected chi connectivity index (χ3v) is 5.81. The summed E-state index contributed by atoms with van der Waals surface area (Å²) in [7, 11) is 0. The van der Waals surface area contributed by atoms with Gasteiger partial charge in [0.1, 0.15) is 5.75 Å². The first-order valence-corrected chi connectivity index (χ1v) is 10.7. The second kappa shape index (κ2) is 9.69. The zero-order valence-corrected chi connectivity index (χ0v) is 17.9. The molecule has 1 amide bonds. The highest BCUT2D eigenvalue weighted by atomic mass is 16.3. The Morgan fingerprint density at radius 2 is 1.61 bits per heavy atom.